The van der Waals surface area contributed by atoms with Crippen molar-refractivity contribution in [2.45, 2.75) is 26.0 Å². The second-order valence-electron chi connectivity index (χ2n) is 7.37. The molecule has 1 N–H and O–H groups in total. The van der Waals surface area contributed by atoms with Crippen LogP contribution in [0, 0.1) is 5.82 Å². The lowest BCUT2D eigenvalue weighted by Crippen LogP contribution is -2.26. The lowest BCUT2D eigenvalue weighted by atomic mass is 9.99. The Morgan fingerprint density at radius 2 is 2.17 bits per heavy atom. The number of benzene rings is 1. The van der Waals surface area contributed by atoms with Gasteiger partial charge in [-0.15, -0.1) is 11.3 Å². The number of aromatic nitrogens is 2. The van der Waals surface area contributed by atoms with E-state index in [4.69, 9.17) is 4.74 Å². The van der Waals surface area contributed by atoms with Crippen molar-refractivity contribution in [1.29, 1.82) is 0 Å². The van der Waals surface area contributed by atoms with E-state index in [-0.39, 0.29) is 12.2 Å². The highest BCUT2D eigenvalue weighted by Gasteiger charge is 2.21. The number of hydrogen-bond donors (Lipinski definition) is 1. The summed E-state index contributed by atoms with van der Waals surface area (Å²) in [4.78, 5) is 18.1. The number of ether oxygens (including phenoxy) is 1. The van der Waals surface area contributed by atoms with E-state index in [1.807, 2.05) is 17.4 Å². The van der Waals surface area contributed by atoms with Gasteiger partial charge in [-0.05, 0) is 54.6 Å². The molecule has 1 atom stereocenters. The van der Waals surface area contributed by atoms with Crippen molar-refractivity contribution in [3.8, 4) is 11.4 Å². The van der Waals surface area contributed by atoms with Crippen LogP contribution in [0.4, 0.5) is 4.39 Å². The van der Waals surface area contributed by atoms with Crippen LogP contribution in [0.15, 0.2) is 59.7 Å². The Morgan fingerprint density at radius 3 is 2.97 bits per heavy atom. The van der Waals surface area contributed by atoms with Crippen LogP contribution in [0.5, 0.6) is 5.75 Å². The maximum atomic E-state index is 12.9. The Hall–Kier alpha value is -3.03. The molecule has 7 heteroatoms. The van der Waals surface area contributed by atoms with E-state index in [2.05, 4.69) is 29.4 Å². The zero-order valence-corrected chi connectivity index (χ0v) is 17.2. The molecule has 0 aliphatic carbocycles. The molecule has 0 fully saturated rings. The highest BCUT2D eigenvalue weighted by atomic mass is 32.1. The molecule has 30 heavy (non-hydrogen) atoms. The van der Waals surface area contributed by atoms with Gasteiger partial charge in [0.25, 0.3) is 5.56 Å². The van der Waals surface area contributed by atoms with Gasteiger partial charge in [-0.25, -0.2) is 4.39 Å². The summed E-state index contributed by atoms with van der Waals surface area (Å²) < 4.78 is 21.4. The minimum Gasteiger partial charge on any atom is -0.487 e. The largest absolute Gasteiger partial charge is 0.487 e. The molecule has 0 spiro atoms. The van der Waals surface area contributed by atoms with Crippen molar-refractivity contribution < 1.29 is 9.13 Å². The van der Waals surface area contributed by atoms with E-state index in [0.29, 0.717) is 17.5 Å². The number of hydrogen-bond acceptors (Lipinski definition) is 5. The summed E-state index contributed by atoms with van der Waals surface area (Å²) in [7, 11) is 0. The molecule has 1 unspecified atom stereocenters. The molecule has 5 rings (SSSR count). The number of fused-ring (bicyclic) bond motifs is 3. The summed E-state index contributed by atoms with van der Waals surface area (Å²) in [5.41, 5.74) is 2.64. The normalized spacial score (nSPS) is 15.9. The fourth-order valence-corrected chi connectivity index (χ4v) is 5.22. The summed E-state index contributed by atoms with van der Waals surface area (Å²) in [6.07, 6.45) is 3.91. The lowest BCUT2D eigenvalue weighted by molar-refractivity contribution is 0.300. The Bertz CT molecular complexity index is 1280. The molecular weight excluding hydrogens is 401 g/mol. The molecule has 3 aromatic heterocycles. The van der Waals surface area contributed by atoms with Crippen molar-refractivity contribution in [1.82, 2.24) is 14.9 Å². The van der Waals surface area contributed by atoms with Crippen LogP contribution in [-0.2, 0) is 13.0 Å². The van der Waals surface area contributed by atoms with Gasteiger partial charge in [-0.3, -0.25) is 14.3 Å². The predicted octanol–water partition coefficient (Wildman–Crippen LogP) is 4.37. The fourth-order valence-electron chi connectivity index (χ4n) is 3.88. The minimum atomic E-state index is -0.393. The standard InChI is InChI=1S/C23H20FN3O2S/c1-14-23-19-5-4-17(10-21(19)30-20(23)6-8-25-14)27-9-7-18(11-22(27)28)29-13-16-3-2-15(24)12-26-16/h2-5,7,9-12,14,25H,6,8,13H2,1H3. The molecule has 1 aliphatic rings. The van der Waals surface area contributed by atoms with Crippen LogP contribution in [0.25, 0.3) is 15.8 Å². The second kappa shape index (κ2) is 7.66. The van der Waals surface area contributed by atoms with Gasteiger partial charge in [-0.2, -0.15) is 0 Å². The van der Waals surface area contributed by atoms with Gasteiger partial charge < -0.3 is 10.1 Å². The number of rotatable bonds is 4. The van der Waals surface area contributed by atoms with E-state index in [9.17, 15) is 9.18 Å². The number of pyridine rings is 2. The first-order chi connectivity index (χ1) is 14.6. The molecule has 0 saturated carbocycles. The molecule has 152 valence electrons. The molecule has 1 aliphatic heterocycles. The van der Waals surface area contributed by atoms with Gasteiger partial charge in [0.15, 0.2) is 0 Å². The van der Waals surface area contributed by atoms with Crippen molar-refractivity contribution in [3.05, 3.63) is 87.2 Å². The SMILES string of the molecule is CC1NCCc2sc3cc(-n4ccc(OCc5ccc(F)cn5)cc4=O)ccc3c21. The van der Waals surface area contributed by atoms with Crippen LogP contribution in [0.2, 0.25) is 0 Å². The molecule has 0 saturated heterocycles. The zero-order valence-electron chi connectivity index (χ0n) is 16.4. The Kier molecular flexibility index (Phi) is 4.84. The first-order valence-electron chi connectivity index (χ1n) is 9.83. The third kappa shape index (κ3) is 3.51. The average Bonchev–Trinajstić information content (AvgIpc) is 3.12. The van der Waals surface area contributed by atoms with Gasteiger partial charge in [0.2, 0.25) is 0 Å². The Balaban J connectivity index is 1.41. The third-order valence-corrected chi connectivity index (χ3v) is 6.60. The molecule has 0 bridgehead atoms. The molecular formula is C23H20FN3O2S. The summed E-state index contributed by atoms with van der Waals surface area (Å²) in [6, 6.07) is 12.6. The predicted molar refractivity (Wildman–Crippen MR) is 116 cm³/mol. The van der Waals surface area contributed by atoms with Crippen LogP contribution >= 0.6 is 11.3 Å². The number of halogens is 1. The van der Waals surface area contributed by atoms with Crippen LogP contribution < -0.4 is 15.6 Å². The van der Waals surface area contributed by atoms with E-state index in [1.54, 1.807) is 22.9 Å². The highest BCUT2D eigenvalue weighted by molar-refractivity contribution is 7.19. The van der Waals surface area contributed by atoms with Gasteiger partial charge in [0, 0.05) is 34.4 Å². The lowest BCUT2D eigenvalue weighted by Gasteiger charge is -2.20. The maximum Gasteiger partial charge on any atom is 0.258 e. The second-order valence-corrected chi connectivity index (χ2v) is 8.51. The number of thiophene rings is 1. The first-order valence-corrected chi connectivity index (χ1v) is 10.6. The summed E-state index contributed by atoms with van der Waals surface area (Å²) in [5, 5.41) is 4.78. The zero-order chi connectivity index (χ0) is 20.7. The van der Waals surface area contributed by atoms with Gasteiger partial charge in [0.1, 0.15) is 18.2 Å². The molecule has 5 nitrogen and oxygen atoms in total. The first kappa shape index (κ1) is 19.0. The summed E-state index contributed by atoms with van der Waals surface area (Å²) in [6.45, 7) is 3.37. The van der Waals surface area contributed by atoms with Crippen molar-refractivity contribution in [2.75, 3.05) is 6.54 Å². The highest BCUT2D eigenvalue weighted by Crippen LogP contribution is 2.38. The van der Waals surface area contributed by atoms with E-state index >= 15 is 0 Å². The van der Waals surface area contributed by atoms with Gasteiger partial charge in [0.05, 0.1) is 17.6 Å². The Morgan fingerprint density at radius 1 is 1.27 bits per heavy atom. The van der Waals surface area contributed by atoms with E-state index < -0.39 is 5.82 Å². The van der Waals surface area contributed by atoms with Gasteiger partial charge >= 0.3 is 0 Å². The van der Waals surface area contributed by atoms with Crippen LogP contribution in [0.3, 0.4) is 0 Å². The van der Waals surface area contributed by atoms with Crippen LogP contribution in [0.1, 0.15) is 29.1 Å². The van der Waals surface area contributed by atoms with Crippen molar-refractivity contribution in [2.24, 2.45) is 0 Å². The molecule has 0 amide bonds. The minimum absolute atomic E-state index is 0.169. The quantitative estimate of drug-likeness (QED) is 0.532. The van der Waals surface area contributed by atoms with Crippen molar-refractivity contribution >= 4 is 21.4 Å². The summed E-state index contributed by atoms with van der Waals surface area (Å²) in [5.74, 6) is 0.0607. The summed E-state index contributed by atoms with van der Waals surface area (Å²) >= 11 is 1.81. The van der Waals surface area contributed by atoms with E-state index in [1.165, 1.54) is 32.7 Å². The number of nitrogens with one attached hydrogen (secondary N) is 1. The van der Waals surface area contributed by atoms with Crippen LogP contribution in [-0.4, -0.2) is 16.1 Å². The molecule has 1 aromatic carbocycles. The Labute approximate surface area is 176 Å². The average molecular weight is 421 g/mol. The maximum absolute atomic E-state index is 12.9. The molecule has 4 aromatic rings. The monoisotopic (exact) mass is 421 g/mol. The molecule has 0 radical (unpaired) electrons. The molecule has 4 heterocycles. The van der Waals surface area contributed by atoms with Gasteiger partial charge in [-0.1, -0.05) is 6.07 Å². The van der Waals surface area contributed by atoms with Crippen molar-refractivity contribution in [3.63, 3.8) is 0 Å². The number of nitrogens with zero attached hydrogens (tertiary/aromatic N) is 2. The topological polar surface area (TPSA) is 56.1 Å². The smallest absolute Gasteiger partial charge is 0.258 e. The van der Waals surface area contributed by atoms with E-state index in [0.717, 1.165) is 24.8 Å². The fraction of sp³-hybridized carbons (Fsp3) is 0.217. The third-order valence-electron chi connectivity index (χ3n) is 5.37.